The Morgan fingerprint density at radius 2 is 2.50 bits per heavy atom. The summed E-state index contributed by atoms with van der Waals surface area (Å²) in [5.74, 6) is 0.236. The van der Waals surface area contributed by atoms with Gasteiger partial charge in [-0.05, 0) is 6.42 Å². The Kier molecular flexibility index (Phi) is 1.75. The average Bonchev–Trinajstić information content (AvgIpc) is 2.47. The number of esters is 1. The fourth-order valence-electron chi connectivity index (χ4n) is 1.72. The lowest BCUT2D eigenvalue weighted by molar-refractivity contribution is -0.140. The van der Waals surface area contributed by atoms with Gasteiger partial charge >= 0.3 is 5.97 Å². The highest BCUT2D eigenvalue weighted by Gasteiger charge is 2.34. The lowest BCUT2D eigenvalue weighted by Gasteiger charge is -2.13. The first-order valence-electron chi connectivity index (χ1n) is 4.37. The molecule has 2 heteroatoms. The van der Waals surface area contributed by atoms with Crippen molar-refractivity contribution in [2.45, 2.75) is 13.3 Å². The molecule has 2 aliphatic rings. The van der Waals surface area contributed by atoms with Crippen molar-refractivity contribution in [3.8, 4) is 0 Å². The highest BCUT2D eigenvalue weighted by atomic mass is 16.5. The van der Waals surface area contributed by atoms with Crippen LogP contribution in [0.1, 0.15) is 13.3 Å². The van der Waals surface area contributed by atoms with Gasteiger partial charge in [0.1, 0.15) is 0 Å². The number of rotatable bonds is 1. The van der Waals surface area contributed by atoms with Crippen molar-refractivity contribution in [1.29, 1.82) is 0 Å². The van der Waals surface area contributed by atoms with Crippen molar-refractivity contribution >= 4 is 5.97 Å². The van der Waals surface area contributed by atoms with Crippen LogP contribution in [0.25, 0.3) is 0 Å². The summed E-state index contributed by atoms with van der Waals surface area (Å²) in [4.78, 5) is 11.1. The topological polar surface area (TPSA) is 26.3 Å². The lowest BCUT2D eigenvalue weighted by atomic mass is 9.87. The van der Waals surface area contributed by atoms with Gasteiger partial charge in [-0.3, -0.25) is 4.79 Å². The minimum atomic E-state index is -0.0670. The van der Waals surface area contributed by atoms with Crippen molar-refractivity contribution < 1.29 is 9.53 Å². The molecular formula is C10H12O2. The first kappa shape index (κ1) is 7.59. The molecule has 1 fully saturated rings. The van der Waals surface area contributed by atoms with E-state index in [1.165, 1.54) is 5.57 Å². The molecule has 0 spiro atoms. The monoisotopic (exact) mass is 164 g/mol. The number of fused-ring (bicyclic) bond motifs is 1. The Bertz CT molecular complexity index is 263. The van der Waals surface area contributed by atoms with E-state index < -0.39 is 0 Å². The van der Waals surface area contributed by atoms with Gasteiger partial charge in [0.25, 0.3) is 0 Å². The SMILES string of the molecule is CCC1=CC2COC(=O)C2C=C1. The predicted molar refractivity (Wildman–Crippen MR) is 45.5 cm³/mol. The van der Waals surface area contributed by atoms with E-state index in [2.05, 4.69) is 13.0 Å². The highest BCUT2D eigenvalue weighted by molar-refractivity contribution is 5.77. The molecule has 0 saturated carbocycles. The second-order valence-corrected chi connectivity index (χ2v) is 3.27. The van der Waals surface area contributed by atoms with Gasteiger partial charge in [-0.2, -0.15) is 0 Å². The Balaban J connectivity index is 2.21. The van der Waals surface area contributed by atoms with E-state index in [9.17, 15) is 4.79 Å². The third-order valence-corrected chi connectivity index (χ3v) is 2.51. The van der Waals surface area contributed by atoms with Crippen LogP contribution in [0.5, 0.6) is 0 Å². The Morgan fingerprint density at radius 3 is 3.25 bits per heavy atom. The Hall–Kier alpha value is -1.05. The number of hydrogen-bond acceptors (Lipinski definition) is 2. The summed E-state index contributed by atoms with van der Waals surface area (Å²) >= 11 is 0. The maximum Gasteiger partial charge on any atom is 0.313 e. The zero-order chi connectivity index (χ0) is 8.55. The summed E-state index contributed by atoms with van der Waals surface area (Å²) < 4.78 is 4.96. The minimum absolute atomic E-state index is 0.000278. The second-order valence-electron chi connectivity index (χ2n) is 3.27. The van der Waals surface area contributed by atoms with Crippen LogP contribution >= 0.6 is 0 Å². The fraction of sp³-hybridized carbons (Fsp3) is 0.500. The quantitative estimate of drug-likeness (QED) is 0.551. The second kappa shape index (κ2) is 2.77. The molecule has 12 heavy (non-hydrogen) atoms. The van der Waals surface area contributed by atoms with Gasteiger partial charge in [0.15, 0.2) is 0 Å². The van der Waals surface area contributed by atoms with E-state index in [0.29, 0.717) is 12.5 Å². The van der Waals surface area contributed by atoms with Crippen LogP contribution in [0.15, 0.2) is 23.8 Å². The zero-order valence-electron chi connectivity index (χ0n) is 7.12. The molecule has 0 aromatic heterocycles. The number of carbonyl (C=O) groups is 1. The molecule has 0 aromatic rings. The molecule has 2 unspecified atom stereocenters. The van der Waals surface area contributed by atoms with E-state index >= 15 is 0 Å². The molecule has 1 saturated heterocycles. The van der Waals surface area contributed by atoms with Crippen molar-refractivity contribution in [3.05, 3.63) is 23.8 Å². The molecule has 2 nitrogen and oxygen atoms in total. The maximum absolute atomic E-state index is 11.1. The summed E-state index contributed by atoms with van der Waals surface area (Å²) in [6, 6.07) is 0. The minimum Gasteiger partial charge on any atom is -0.465 e. The van der Waals surface area contributed by atoms with E-state index in [1.54, 1.807) is 0 Å². The first-order valence-corrected chi connectivity index (χ1v) is 4.37. The van der Waals surface area contributed by atoms with Gasteiger partial charge in [-0.25, -0.2) is 0 Å². The highest BCUT2D eigenvalue weighted by Crippen LogP contribution is 2.30. The smallest absolute Gasteiger partial charge is 0.313 e. The van der Waals surface area contributed by atoms with E-state index in [1.807, 2.05) is 12.2 Å². The van der Waals surface area contributed by atoms with E-state index in [0.717, 1.165) is 6.42 Å². The van der Waals surface area contributed by atoms with E-state index in [-0.39, 0.29) is 11.9 Å². The molecule has 0 amide bonds. The van der Waals surface area contributed by atoms with Crippen LogP contribution < -0.4 is 0 Å². The van der Waals surface area contributed by atoms with Gasteiger partial charge in [-0.1, -0.05) is 30.7 Å². The van der Waals surface area contributed by atoms with Gasteiger partial charge in [0.05, 0.1) is 12.5 Å². The molecule has 0 bridgehead atoms. The summed E-state index contributed by atoms with van der Waals surface area (Å²) in [6.07, 6.45) is 7.20. The van der Waals surface area contributed by atoms with Crippen LogP contribution in [-0.2, 0) is 9.53 Å². The molecule has 0 aromatic carbocycles. The molecule has 1 aliphatic carbocycles. The molecule has 0 N–H and O–H groups in total. The van der Waals surface area contributed by atoms with Gasteiger partial charge in [-0.15, -0.1) is 0 Å². The molecule has 2 atom stereocenters. The maximum atomic E-state index is 11.1. The standard InChI is InChI=1S/C10H12O2/c1-2-7-3-4-9-8(5-7)6-12-10(9)11/h3-5,8-9H,2,6H2,1H3. The zero-order valence-corrected chi connectivity index (χ0v) is 7.12. The average molecular weight is 164 g/mol. The molecule has 1 heterocycles. The molecule has 2 rings (SSSR count). The number of cyclic esters (lactones) is 1. The number of carbonyl (C=O) groups excluding carboxylic acids is 1. The lowest BCUT2D eigenvalue weighted by Crippen LogP contribution is -2.14. The summed E-state index contributed by atoms with van der Waals surface area (Å²) in [5.41, 5.74) is 1.31. The van der Waals surface area contributed by atoms with Crippen molar-refractivity contribution in [2.75, 3.05) is 6.61 Å². The summed E-state index contributed by atoms with van der Waals surface area (Å²) in [6.45, 7) is 2.69. The summed E-state index contributed by atoms with van der Waals surface area (Å²) in [7, 11) is 0. The summed E-state index contributed by atoms with van der Waals surface area (Å²) in [5, 5.41) is 0. The van der Waals surface area contributed by atoms with Crippen LogP contribution in [0, 0.1) is 11.8 Å². The third kappa shape index (κ3) is 1.07. The molecular weight excluding hydrogens is 152 g/mol. The normalized spacial score (nSPS) is 32.8. The fourth-order valence-corrected chi connectivity index (χ4v) is 1.72. The van der Waals surface area contributed by atoms with Crippen LogP contribution in [-0.4, -0.2) is 12.6 Å². The number of allylic oxidation sites excluding steroid dienone is 2. The molecule has 64 valence electrons. The number of ether oxygens (including phenoxy) is 1. The largest absolute Gasteiger partial charge is 0.465 e. The molecule has 0 radical (unpaired) electrons. The van der Waals surface area contributed by atoms with Gasteiger partial charge in [0, 0.05) is 5.92 Å². The third-order valence-electron chi connectivity index (χ3n) is 2.51. The van der Waals surface area contributed by atoms with Crippen LogP contribution in [0.2, 0.25) is 0 Å². The van der Waals surface area contributed by atoms with Crippen molar-refractivity contribution in [2.24, 2.45) is 11.8 Å². The van der Waals surface area contributed by atoms with Crippen LogP contribution in [0.4, 0.5) is 0 Å². The Labute approximate surface area is 71.9 Å². The molecule has 1 aliphatic heterocycles. The van der Waals surface area contributed by atoms with Crippen molar-refractivity contribution in [3.63, 3.8) is 0 Å². The Morgan fingerprint density at radius 1 is 1.67 bits per heavy atom. The van der Waals surface area contributed by atoms with E-state index in [4.69, 9.17) is 4.74 Å². The van der Waals surface area contributed by atoms with Gasteiger partial charge < -0.3 is 4.74 Å². The van der Waals surface area contributed by atoms with Gasteiger partial charge in [0.2, 0.25) is 0 Å². The van der Waals surface area contributed by atoms with Crippen molar-refractivity contribution in [1.82, 2.24) is 0 Å². The predicted octanol–water partition coefficient (Wildman–Crippen LogP) is 1.68. The number of hydrogen-bond donors (Lipinski definition) is 0. The first-order chi connectivity index (χ1) is 5.81. The van der Waals surface area contributed by atoms with Crippen LogP contribution in [0.3, 0.4) is 0 Å².